The molecule has 0 fully saturated rings. The summed E-state index contributed by atoms with van der Waals surface area (Å²) < 4.78 is 0. The van der Waals surface area contributed by atoms with E-state index >= 15 is 0 Å². The van der Waals surface area contributed by atoms with E-state index < -0.39 is 46.0 Å². The van der Waals surface area contributed by atoms with Crippen molar-refractivity contribution in [3.63, 3.8) is 0 Å². The lowest BCUT2D eigenvalue weighted by molar-refractivity contribution is 0.0675. The van der Waals surface area contributed by atoms with Gasteiger partial charge in [0.2, 0.25) is 0 Å². The van der Waals surface area contributed by atoms with Crippen LogP contribution in [0.3, 0.4) is 0 Å². The topological polar surface area (TPSA) is 133 Å². The highest BCUT2D eigenvalue weighted by Crippen LogP contribution is 2.18. The van der Waals surface area contributed by atoms with E-state index in [-0.39, 0.29) is 13.1 Å². The van der Waals surface area contributed by atoms with Crippen LogP contribution in [0.5, 0.6) is 0 Å². The van der Waals surface area contributed by atoms with Crippen LogP contribution < -0.4 is 10.6 Å². The summed E-state index contributed by atoms with van der Waals surface area (Å²) in [6.45, 7) is 9.73. The van der Waals surface area contributed by atoms with Crippen LogP contribution in [0.1, 0.15) is 41.4 Å². The Morgan fingerprint density at radius 3 is 1.32 bits per heavy atom. The number of amides is 2. The Morgan fingerprint density at radius 1 is 0.773 bits per heavy atom. The number of carbonyl (C=O) groups excluding carboxylic acids is 2. The van der Waals surface area contributed by atoms with E-state index in [0.717, 1.165) is 12.1 Å². The summed E-state index contributed by atoms with van der Waals surface area (Å²) in [6.07, 6.45) is 0. The Bertz CT molecular complexity index is 583. The molecule has 8 nitrogen and oxygen atoms in total. The number of hydrogen-bond donors (Lipinski definition) is 4. The SMILES string of the molecule is [CH]CNC(=O)c1cc(C(=O)O)c(C(=O)NC[CH])cc1C(=O)O. The van der Waals surface area contributed by atoms with Crippen LogP contribution >= 0.6 is 0 Å². The molecule has 0 aromatic heterocycles. The molecule has 1 rings (SSSR count). The third kappa shape index (κ3) is 3.60. The van der Waals surface area contributed by atoms with Gasteiger partial charge in [-0.25, -0.2) is 9.59 Å². The summed E-state index contributed by atoms with van der Waals surface area (Å²) in [6, 6.07) is 1.62. The third-order valence-corrected chi connectivity index (χ3v) is 2.63. The van der Waals surface area contributed by atoms with E-state index in [2.05, 4.69) is 10.6 Å². The fourth-order valence-electron chi connectivity index (χ4n) is 1.71. The monoisotopic (exact) mass is 304 g/mol. The number of carboxylic acids is 2. The van der Waals surface area contributed by atoms with Crippen LogP contribution in [0, 0.1) is 13.8 Å². The van der Waals surface area contributed by atoms with Gasteiger partial charge in [-0.2, -0.15) is 0 Å². The van der Waals surface area contributed by atoms with Gasteiger partial charge in [0, 0.05) is 13.1 Å². The number of aromatic carboxylic acids is 2. The first kappa shape index (κ1) is 17.2. The van der Waals surface area contributed by atoms with Gasteiger partial charge in [-0.15, -0.1) is 0 Å². The minimum absolute atomic E-state index is 0.268. The fraction of sp³-hybridized carbons (Fsp3) is 0.143. The predicted octanol–water partition coefficient (Wildman–Crippen LogP) is -0.0352. The summed E-state index contributed by atoms with van der Waals surface area (Å²) in [5.74, 6) is -4.73. The second kappa shape index (κ2) is 7.21. The molecule has 1 aromatic carbocycles. The van der Waals surface area contributed by atoms with Gasteiger partial charge in [0.1, 0.15) is 0 Å². The molecule has 0 aliphatic rings. The van der Waals surface area contributed by atoms with Gasteiger partial charge in [0.05, 0.1) is 22.3 Å². The second-order valence-corrected chi connectivity index (χ2v) is 3.97. The molecule has 0 heterocycles. The second-order valence-electron chi connectivity index (χ2n) is 3.97. The number of carbonyl (C=O) groups is 4. The van der Waals surface area contributed by atoms with Crippen molar-refractivity contribution in [3.8, 4) is 0 Å². The molecular weight excluding hydrogens is 292 g/mol. The Morgan fingerprint density at radius 2 is 1.09 bits per heavy atom. The predicted molar refractivity (Wildman–Crippen MR) is 73.6 cm³/mol. The maximum atomic E-state index is 11.8. The molecule has 2 amide bonds. The van der Waals surface area contributed by atoms with Gasteiger partial charge >= 0.3 is 11.9 Å². The van der Waals surface area contributed by atoms with Crippen molar-refractivity contribution >= 4 is 23.8 Å². The summed E-state index contributed by atoms with van der Waals surface area (Å²) in [5, 5.41) is 22.6. The van der Waals surface area contributed by atoms with Crippen LogP contribution in [0.25, 0.3) is 0 Å². The van der Waals surface area contributed by atoms with E-state index in [9.17, 15) is 19.2 Å². The molecule has 4 radical (unpaired) electrons. The van der Waals surface area contributed by atoms with Crippen molar-refractivity contribution < 1.29 is 29.4 Å². The standard InChI is InChI=1S/C14H12N2O6/c1-3-15-11(17)7-5-10(14(21)22)8(12(18)16-4-2)6-9(7)13(19)20/h1-2,5-6H,3-4H2,(H,15,17)(H,16,18)(H,19,20)(H,21,22). The van der Waals surface area contributed by atoms with Crippen LogP contribution in [-0.4, -0.2) is 47.1 Å². The Hall–Kier alpha value is -2.90. The minimum atomic E-state index is -1.50. The van der Waals surface area contributed by atoms with E-state index in [4.69, 9.17) is 24.1 Å². The fourth-order valence-corrected chi connectivity index (χ4v) is 1.71. The van der Waals surface area contributed by atoms with Crippen LogP contribution in [-0.2, 0) is 0 Å². The van der Waals surface area contributed by atoms with Crippen molar-refractivity contribution in [2.45, 2.75) is 0 Å². The minimum Gasteiger partial charge on any atom is -0.478 e. The highest BCUT2D eigenvalue weighted by atomic mass is 16.4. The van der Waals surface area contributed by atoms with Crippen LogP contribution in [0.4, 0.5) is 0 Å². The van der Waals surface area contributed by atoms with Crippen LogP contribution in [0.15, 0.2) is 12.1 Å². The summed E-state index contributed by atoms with van der Waals surface area (Å²) >= 11 is 0. The highest BCUT2D eigenvalue weighted by molar-refractivity contribution is 6.11. The zero-order valence-corrected chi connectivity index (χ0v) is 11.3. The Labute approximate surface area is 126 Å². The molecule has 114 valence electrons. The molecule has 0 unspecified atom stereocenters. The average Bonchev–Trinajstić information content (AvgIpc) is 2.46. The number of benzene rings is 1. The van der Waals surface area contributed by atoms with Crippen molar-refractivity contribution in [2.24, 2.45) is 0 Å². The van der Waals surface area contributed by atoms with E-state index in [1.165, 1.54) is 0 Å². The smallest absolute Gasteiger partial charge is 0.336 e. The molecule has 0 saturated carbocycles. The largest absolute Gasteiger partial charge is 0.478 e. The molecule has 0 bridgehead atoms. The molecule has 0 aliphatic carbocycles. The average molecular weight is 304 g/mol. The van der Waals surface area contributed by atoms with Crippen LogP contribution in [0.2, 0.25) is 0 Å². The van der Waals surface area contributed by atoms with Gasteiger partial charge in [-0.3, -0.25) is 9.59 Å². The molecule has 0 atom stereocenters. The van der Waals surface area contributed by atoms with Crippen molar-refractivity contribution in [2.75, 3.05) is 13.1 Å². The highest BCUT2D eigenvalue weighted by Gasteiger charge is 2.25. The van der Waals surface area contributed by atoms with E-state index in [0.29, 0.717) is 0 Å². The van der Waals surface area contributed by atoms with Crippen molar-refractivity contribution in [1.82, 2.24) is 10.6 Å². The van der Waals surface area contributed by atoms with Gasteiger partial charge in [0.25, 0.3) is 11.8 Å². The summed E-state index contributed by atoms with van der Waals surface area (Å²) in [5.41, 5.74) is -1.89. The maximum absolute atomic E-state index is 11.8. The molecule has 1 aromatic rings. The van der Waals surface area contributed by atoms with E-state index in [1.807, 2.05) is 0 Å². The number of carboxylic acid groups (broad SMARTS) is 2. The molecular formula is C14H12N2O6. The zero-order chi connectivity index (χ0) is 16.9. The maximum Gasteiger partial charge on any atom is 0.336 e. The third-order valence-electron chi connectivity index (χ3n) is 2.63. The number of hydrogen-bond acceptors (Lipinski definition) is 4. The zero-order valence-electron chi connectivity index (χ0n) is 11.3. The lowest BCUT2D eigenvalue weighted by atomic mass is 9.97. The lowest BCUT2D eigenvalue weighted by Gasteiger charge is -2.12. The molecule has 0 saturated heterocycles. The first-order valence-corrected chi connectivity index (χ1v) is 5.94. The Balaban J connectivity index is 3.57. The normalized spacial score (nSPS) is 9.91. The molecule has 8 heteroatoms. The van der Waals surface area contributed by atoms with Gasteiger partial charge in [-0.05, 0) is 26.0 Å². The lowest BCUT2D eigenvalue weighted by Crippen LogP contribution is -2.29. The molecule has 22 heavy (non-hydrogen) atoms. The first-order chi connectivity index (χ1) is 10.3. The first-order valence-electron chi connectivity index (χ1n) is 5.94. The molecule has 0 aliphatic heterocycles. The van der Waals surface area contributed by atoms with Crippen molar-refractivity contribution in [3.05, 3.63) is 48.2 Å². The van der Waals surface area contributed by atoms with E-state index in [1.54, 1.807) is 0 Å². The molecule has 4 N–H and O–H groups in total. The van der Waals surface area contributed by atoms with Gasteiger partial charge in [-0.1, -0.05) is 0 Å². The van der Waals surface area contributed by atoms with Gasteiger partial charge < -0.3 is 20.8 Å². The summed E-state index contributed by atoms with van der Waals surface area (Å²) in [4.78, 5) is 46.0. The molecule has 0 spiro atoms. The van der Waals surface area contributed by atoms with Gasteiger partial charge in [0.15, 0.2) is 0 Å². The summed E-state index contributed by atoms with van der Waals surface area (Å²) in [7, 11) is 0. The number of rotatable bonds is 6. The quantitative estimate of drug-likeness (QED) is 0.583. The Kier molecular flexibility index (Phi) is 5.62. The van der Waals surface area contributed by atoms with Crippen molar-refractivity contribution in [1.29, 1.82) is 0 Å². The number of nitrogens with one attached hydrogen (secondary N) is 2.